The summed E-state index contributed by atoms with van der Waals surface area (Å²) in [5.74, 6) is 0.780. The van der Waals surface area contributed by atoms with Crippen molar-refractivity contribution < 1.29 is 8.42 Å². The molecule has 1 saturated heterocycles. The molecule has 4 nitrogen and oxygen atoms in total. The predicted octanol–water partition coefficient (Wildman–Crippen LogP) is 3.57. The van der Waals surface area contributed by atoms with E-state index in [1.165, 1.54) is 31.2 Å². The lowest BCUT2D eigenvalue weighted by Crippen LogP contribution is -2.37. The molecule has 0 spiro atoms. The Hall–Kier alpha value is -0.560. The lowest BCUT2D eigenvalue weighted by atomic mass is 9.93. The molecule has 2 heterocycles. The summed E-state index contributed by atoms with van der Waals surface area (Å²) >= 11 is 1.63. The summed E-state index contributed by atoms with van der Waals surface area (Å²) in [5.41, 5.74) is 1.30. The molecule has 3 aliphatic rings. The third-order valence-corrected chi connectivity index (χ3v) is 8.64. The van der Waals surface area contributed by atoms with Gasteiger partial charge in [0.15, 0.2) is 0 Å². The fourth-order valence-electron chi connectivity index (χ4n) is 4.25. The zero-order valence-corrected chi connectivity index (χ0v) is 15.7. The van der Waals surface area contributed by atoms with E-state index >= 15 is 0 Å². The van der Waals surface area contributed by atoms with Crippen molar-refractivity contribution in [2.45, 2.75) is 67.2 Å². The number of nitrogens with one attached hydrogen (secondary N) is 1. The van der Waals surface area contributed by atoms with Gasteiger partial charge in [0.1, 0.15) is 0 Å². The van der Waals surface area contributed by atoms with E-state index in [1.54, 1.807) is 16.3 Å². The third-order valence-electron chi connectivity index (χ3n) is 5.72. The molecule has 1 N–H and O–H groups in total. The Kier molecular flexibility index (Phi) is 4.91. The van der Waals surface area contributed by atoms with Crippen LogP contribution in [0.1, 0.15) is 50.5 Å². The van der Waals surface area contributed by atoms with Crippen molar-refractivity contribution in [3.8, 4) is 0 Å². The number of hydrogen-bond acceptors (Lipinski definition) is 4. The molecule has 132 valence electrons. The van der Waals surface area contributed by atoms with Gasteiger partial charge in [0.2, 0.25) is 10.0 Å². The van der Waals surface area contributed by atoms with Crippen LogP contribution < -0.4 is 4.72 Å². The maximum absolute atomic E-state index is 12.8. The highest BCUT2D eigenvalue weighted by Crippen LogP contribution is 2.37. The Morgan fingerprint density at radius 1 is 1.04 bits per heavy atom. The molecule has 2 aliphatic heterocycles. The summed E-state index contributed by atoms with van der Waals surface area (Å²) < 4.78 is 30.9. The van der Waals surface area contributed by atoms with Gasteiger partial charge in [-0.3, -0.25) is 4.72 Å². The van der Waals surface area contributed by atoms with E-state index in [-0.39, 0.29) is 0 Å². The van der Waals surface area contributed by atoms with Crippen LogP contribution in [0.5, 0.6) is 0 Å². The summed E-state index contributed by atoms with van der Waals surface area (Å²) in [5, 5.41) is 0. The Morgan fingerprint density at radius 2 is 1.79 bits per heavy atom. The zero-order chi connectivity index (χ0) is 16.6. The van der Waals surface area contributed by atoms with Crippen molar-refractivity contribution in [2.24, 2.45) is 5.92 Å². The molecule has 1 aliphatic carbocycles. The highest BCUT2D eigenvalue weighted by atomic mass is 32.2. The van der Waals surface area contributed by atoms with E-state index in [1.807, 2.05) is 18.2 Å². The van der Waals surface area contributed by atoms with Gasteiger partial charge in [-0.1, -0.05) is 25.3 Å². The van der Waals surface area contributed by atoms with Crippen molar-refractivity contribution in [1.82, 2.24) is 9.03 Å². The fourth-order valence-corrected chi connectivity index (χ4v) is 6.89. The first kappa shape index (κ1) is 16.9. The average molecular weight is 367 g/mol. The molecule has 6 heteroatoms. The molecule has 1 aromatic carbocycles. The Balaban J connectivity index is 1.53. The SMILES string of the molecule is O=S(=O)(c1ccc2c(c1)SNC(C1CCCC1)C2)N1CCCCC1. The number of benzene rings is 1. The molecular weight excluding hydrogens is 340 g/mol. The maximum atomic E-state index is 12.8. The van der Waals surface area contributed by atoms with Gasteiger partial charge < -0.3 is 0 Å². The number of nitrogens with zero attached hydrogens (tertiary/aromatic N) is 1. The average Bonchev–Trinajstić information content (AvgIpc) is 3.16. The molecular formula is C18H26N2O2S2. The Labute approximate surface area is 149 Å². The van der Waals surface area contributed by atoms with E-state index in [9.17, 15) is 8.42 Å². The second kappa shape index (κ2) is 6.98. The Morgan fingerprint density at radius 3 is 2.54 bits per heavy atom. The van der Waals surface area contributed by atoms with Crippen LogP contribution in [0.2, 0.25) is 0 Å². The molecule has 1 saturated carbocycles. The number of rotatable bonds is 3. The minimum absolute atomic E-state index is 0.455. The monoisotopic (exact) mass is 366 g/mol. The van der Waals surface area contributed by atoms with Gasteiger partial charge in [0, 0.05) is 24.0 Å². The second-order valence-corrected chi connectivity index (χ2v) is 10.1. The van der Waals surface area contributed by atoms with Crippen molar-refractivity contribution in [3.63, 3.8) is 0 Å². The summed E-state index contributed by atoms with van der Waals surface area (Å²) in [6.07, 6.45) is 9.48. The van der Waals surface area contributed by atoms with Gasteiger partial charge >= 0.3 is 0 Å². The summed E-state index contributed by atoms with van der Waals surface area (Å²) in [6.45, 7) is 1.32. The first-order valence-electron chi connectivity index (χ1n) is 9.20. The zero-order valence-electron chi connectivity index (χ0n) is 14.0. The van der Waals surface area contributed by atoms with Crippen LogP contribution in [-0.2, 0) is 16.4 Å². The topological polar surface area (TPSA) is 49.4 Å². The van der Waals surface area contributed by atoms with E-state index in [4.69, 9.17) is 0 Å². The number of sulfonamides is 1. The van der Waals surface area contributed by atoms with E-state index in [0.717, 1.165) is 36.5 Å². The van der Waals surface area contributed by atoms with Crippen molar-refractivity contribution in [2.75, 3.05) is 13.1 Å². The predicted molar refractivity (Wildman–Crippen MR) is 97.5 cm³/mol. The largest absolute Gasteiger partial charge is 0.256 e. The molecule has 0 amide bonds. The molecule has 1 unspecified atom stereocenters. The van der Waals surface area contributed by atoms with Gasteiger partial charge in [-0.15, -0.1) is 0 Å². The van der Waals surface area contributed by atoms with Crippen LogP contribution in [0, 0.1) is 5.92 Å². The minimum atomic E-state index is -3.33. The highest BCUT2D eigenvalue weighted by molar-refractivity contribution is 7.97. The van der Waals surface area contributed by atoms with Crippen LogP contribution in [-0.4, -0.2) is 31.9 Å². The number of hydrogen-bond donors (Lipinski definition) is 1. The van der Waals surface area contributed by atoms with Gasteiger partial charge in [0.25, 0.3) is 0 Å². The maximum Gasteiger partial charge on any atom is 0.243 e. The van der Waals surface area contributed by atoms with Gasteiger partial charge in [-0.2, -0.15) is 4.31 Å². The molecule has 2 fully saturated rings. The van der Waals surface area contributed by atoms with Crippen molar-refractivity contribution in [1.29, 1.82) is 0 Å². The van der Waals surface area contributed by atoms with E-state index < -0.39 is 10.0 Å². The molecule has 0 aromatic heterocycles. The lowest BCUT2D eigenvalue weighted by molar-refractivity contribution is 0.346. The van der Waals surface area contributed by atoms with E-state index in [0.29, 0.717) is 24.0 Å². The van der Waals surface area contributed by atoms with Gasteiger partial charge in [0.05, 0.1) is 4.90 Å². The van der Waals surface area contributed by atoms with Crippen LogP contribution in [0.15, 0.2) is 28.0 Å². The molecule has 1 aromatic rings. The van der Waals surface area contributed by atoms with E-state index in [2.05, 4.69) is 4.72 Å². The molecule has 4 rings (SSSR count). The van der Waals surface area contributed by atoms with Crippen molar-refractivity contribution >= 4 is 22.0 Å². The number of piperidine rings is 1. The fraction of sp³-hybridized carbons (Fsp3) is 0.667. The molecule has 24 heavy (non-hydrogen) atoms. The van der Waals surface area contributed by atoms with Gasteiger partial charge in [-0.25, -0.2) is 8.42 Å². The standard InChI is InChI=1S/C18H26N2O2S2/c21-24(22,20-10-4-1-5-11-20)16-9-8-15-12-17(14-6-2-3-7-14)19-23-18(15)13-16/h8-9,13-14,17,19H,1-7,10-12H2. The van der Waals surface area contributed by atoms with Crippen molar-refractivity contribution in [3.05, 3.63) is 23.8 Å². The number of fused-ring (bicyclic) bond motifs is 1. The first-order valence-corrected chi connectivity index (χ1v) is 11.5. The first-order chi connectivity index (χ1) is 11.6. The molecule has 0 radical (unpaired) electrons. The summed E-state index contributed by atoms with van der Waals surface area (Å²) in [4.78, 5) is 1.54. The minimum Gasteiger partial charge on any atom is -0.256 e. The Bertz CT molecular complexity index is 693. The molecule has 0 bridgehead atoms. The van der Waals surface area contributed by atoms with Crippen LogP contribution >= 0.6 is 11.9 Å². The lowest BCUT2D eigenvalue weighted by Gasteiger charge is -2.30. The summed E-state index contributed by atoms with van der Waals surface area (Å²) in [7, 11) is -3.33. The third kappa shape index (κ3) is 3.26. The van der Waals surface area contributed by atoms with Crippen LogP contribution in [0.4, 0.5) is 0 Å². The van der Waals surface area contributed by atoms with Gasteiger partial charge in [-0.05, 0) is 67.7 Å². The smallest absolute Gasteiger partial charge is 0.243 e. The quantitative estimate of drug-likeness (QED) is 0.831. The van der Waals surface area contributed by atoms with Crippen LogP contribution in [0.25, 0.3) is 0 Å². The molecule has 1 atom stereocenters. The van der Waals surface area contributed by atoms with Crippen LogP contribution in [0.3, 0.4) is 0 Å². The summed E-state index contributed by atoms with van der Waals surface area (Å²) in [6, 6.07) is 6.28. The second-order valence-electron chi connectivity index (χ2n) is 7.31. The highest BCUT2D eigenvalue weighted by Gasteiger charge is 2.31. The normalized spacial score (nSPS) is 26.4.